The Morgan fingerprint density at radius 3 is 2.50 bits per heavy atom. The first-order valence-electron chi connectivity index (χ1n) is 3.24. The summed E-state index contributed by atoms with van der Waals surface area (Å²) < 4.78 is 0. The maximum absolute atomic E-state index is 8.27. The van der Waals surface area contributed by atoms with Crippen molar-refractivity contribution in [3.63, 3.8) is 0 Å². The summed E-state index contributed by atoms with van der Waals surface area (Å²) in [6.45, 7) is 4.03. The molecule has 0 radical (unpaired) electrons. The summed E-state index contributed by atoms with van der Waals surface area (Å²) in [6.07, 6.45) is 1.44. The van der Waals surface area contributed by atoms with Crippen molar-refractivity contribution in [1.82, 2.24) is 10.6 Å². The minimum Gasteiger partial charge on any atom is -0.374 e. The molecule has 0 aromatic heterocycles. The average Bonchev–Trinajstić information content (AvgIpc) is 1.86. The fourth-order valence-corrected chi connectivity index (χ4v) is 0.562. The lowest BCUT2D eigenvalue weighted by Crippen LogP contribution is -2.29. The lowest BCUT2D eigenvalue weighted by Gasteiger charge is -2.11. The van der Waals surface area contributed by atoms with Crippen LogP contribution in [0.5, 0.6) is 0 Å². The van der Waals surface area contributed by atoms with Gasteiger partial charge in [0.05, 0.1) is 12.1 Å². The molecule has 3 heteroatoms. The average molecular weight is 139 g/mol. The first kappa shape index (κ1) is 8.83. The maximum Gasteiger partial charge on any atom is 0.109 e. The Kier molecular flexibility index (Phi) is 4.14. The quantitative estimate of drug-likeness (QED) is 0.562. The van der Waals surface area contributed by atoms with E-state index >= 15 is 0 Å². The second-order valence-electron chi connectivity index (χ2n) is 2.24. The monoisotopic (exact) mass is 139 g/mol. The summed E-state index contributed by atoms with van der Waals surface area (Å²) in [5.74, 6) is 0.762. The van der Waals surface area contributed by atoms with Gasteiger partial charge in [-0.2, -0.15) is 5.26 Å². The summed E-state index contributed by atoms with van der Waals surface area (Å²) in [5.41, 5.74) is 0. The summed E-state index contributed by atoms with van der Waals surface area (Å²) in [4.78, 5) is 0. The molecule has 0 rings (SSSR count). The van der Waals surface area contributed by atoms with Gasteiger partial charge in [0.1, 0.15) is 5.82 Å². The van der Waals surface area contributed by atoms with Gasteiger partial charge in [0, 0.05) is 13.1 Å². The Morgan fingerprint density at radius 1 is 1.60 bits per heavy atom. The maximum atomic E-state index is 8.27. The number of nitrogens with zero attached hydrogens (tertiary/aromatic N) is 1. The van der Waals surface area contributed by atoms with Crippen molar-refractivity contribution in [3.05, 3.63) is 11.9 Å². The SMILES string of the molecule is CN/C(=C\C#N)NC(C)C. The van der Waals surface area contributed by atoms with E-state index in [2.05, 4.69) is 10.6 Å². The zero-order chi connectivity index (χ0) is 7.98. The highest BCUT2D eigenvalue weighted by atomic mass is 15.1. The van der Waals surface area contributed by atoms with Crippen molar-refractivity contribution in [2.75, 3.05) is 7.05 Å². The van der Waals surface area contributed by atoms with Gasteiger partial charge in [0.15, 0.2) is 0 Å². The molecule has 0 fully saturated rings. The van der Waals surface area contributed by atoms with Crippen LogP contribution in [-0.4, -0.2) is 13.1 Å². The van der Waals surface area contributed by atoms with E-state index in [1.807, 2.05) is 19.9 Å². The Morgan fingerprint density at radius 2 is 2.20 bits per heavy atom. The molecule has 3 nitrogen and oxygen atoms in total. The third kappa shape index (κ3) is 3.79. The lowest BCUT2D eigenvalue weighted by molar-refractivity contribution is 0.633. The molecule has 10 heavy (non-hydrogen) atoms. The minimum absolute atomic E-state index is 0.354. The van der Waals surface area contributed by atoms with Gasteiger partial charge in [0.25, 0.3) is 0 Å². The second kappa shape index (κ2) is 4.68. The lowest BCUT2D eigenvalue weighted by atomic mass is 10.4. The summed E-state index contributed by atoms with van der Waals surface area (Å²) >= 11 is 0. The molecule has 0 unspecified atom stereocenters. The normalized spacial score (nSPS) is 10.9. The predicted molar refractivity (Wildman–Crippen MR) is 41.0 cm³/mol. The van der Waals surface area contributed by atoms with Crippen LogP contribution < -0.4 is 10.6 Å². The first-order chi connectivity index (χ1) is 4.70. The van der Waals surface area contributed by atoms with Crippen LogP contribution in [0.3, 0.4) is 0 Å². The van der Waals surface area contributed by atoms with Crippen LogP contribution in [0.25, 0.3) is 0 Å². The molecule has 0 saturated heterocycles. The molecule has 0 spiro atoms. The molecular weight excluding hydrogens is 126 g/mol. The number of allylic oxidation sites excluding steroid dienone is 1. The third-order valence-corrected chi connectivity index (χ3v) is 0.922. The van der Waals surface area contributed by atoms with Crippen LogP contribution in [0, 0.1) is 11.3 Å². The molecule has 0 amide bonds. The van der Waals surface area contributed by atoms with Crippen LogP contribution in [0.15, 0.2) is 11.9 Å². The van der Waals surface area contributed by atoms with E-state index in [4.69, 9.17) is 5.26 Å². The van der Waals surface area contributed by atoms with Gasteiger partial charge in [-0.1, -0.05) is 0 Å². The van der Waals surface area contributed by atoms with E-state index in [1.54, 1.807) is 7.05 Å². The highest BCUT2D eigenvalue weighted by molar-refractivity contribution is 5.10. The van der Waals surface area contributed by atoms with Crippen molar-refractivity contribution in [3.8, 4) is 6.07 Å². The number of rotatable bonds is 3. The Balaban J connectivity index is 3.86. The molecule has 0 atom stereocenters. The van der Waals surface area contributed by atoms with Gasteiger partial charge in [-0.15, -0.1) is 0 Å². The summed E-state index contributed by atoms with van der Waals surface area (Å²) in [5, 5.41) is 14.2. The van der Waals surface area contributed by atoms with Crippen LogP contribution in [0.4, 0.5) is 0 Å². The van der Waals surface area contributed by atoms with Gasteiger partial charge in [-0.3, -0.25) is 0 Å². The van der Waals surface area contributed by atoms with Gasteiger partial charge in [-0.25, -0.2) is 0 Å². The van der Waals surface area contributed by atoms with Crippen molar-refractivity contribution in [2.45, 2.75) is 19.9 Å². The van der Waals surface area contributed by atoms with E-state index < -0.39 is 0 Å². The van der Waals surface area contributed by atoms with Crippen molar-refractivity contribution in [1.29, 1.82) is 5.26 Å². The summed E-state index contributed by atoms with van der Waals surface area (Å²) in [6, 6.07) is 2.29. The number of nitriles is 1. The molecule has 0 heterocycles. The molecule has 0 aromatic carbocycles. The standard InChI is InChI=1S/C7H13N3/c1-6(2)10-7(9-3)4-5-8/h4,6,9-10H,1-3H3/b7-4+. The number of nitrogens with one attached hydrogen (secondary N) is 2. The molecule has 0 saturated carbocycles. The topological polar surface area (TPSA) is 47.9 Å². The Labute approximate surface area is 61.7 Å². The highest BCUT2D eigenvalue weighted by Gasteiger charge is 1.93. The smallest absolute Gasteiger partial charge is 0.109 e. The van der Waals surface area contributed by atoms with Gasteiger partial charge >= 0.3 is 0 Å². The fraction of sp³-hybridized carbons (Fsp3) is 0.571. The number of hydrogen-bond donors (Lipinski definition) is 2. The van der Waals surface area contributed by atoms with Crippen LogP contribution in [-0.2, 0) is 0 Å². The number of hydrogen-bond acceptors (Lipinski definition) is 3. The fourth-order valence-electron chi connectivity index (χ4n) is 0.562. The zero-order valence-corrected chi connectivity index (χ0v) is 6.60. The molecule has 0 aromatic rings. The molecule has 0 aliphatic rings. The molecule has 0 bridgehead atoms. The Hall–Kier alpha value is -1.17. The van der Waals surface area contributed by atoms with Crippen LogP contribution in [0.1, 0.15) is 13.8 Å². The summed E-state index contributed by atoms with van der Waals surface area (Å²) in [7, 11) is 1.78. The molecule has 56 valence electrons. The van der Waals surface area contributed by atoms with Gasteiger partial charge < -0.3 is 10.6 Å². The second-order valence-corrected chi connectivity index (χ2v) is 2.24. The van der Waals surface area contributed by atoms with Crippen molar-refractivity contribution >= 4 is 0 Å². The third-order valence-electron chi connectivity index (χ3n) is 0.922. The molecular formula is C7H13N3. The zero-order valence-electron chi connectivity index (χ0n) is 6.60. The van der Waals surface area contributed by atoms with Gasteiger partial charge in [0.2, 0.25) is 0 Å². The highest BCUT2D eigenvalue weighted by Crippen LogP contribution is 1.84. The van der Waals surface area contributed by atoms with E-state index in [9.17, 15) is 0 Å². The predicted octanol–water partition coefficient (Wildman–Crippen LogP) is 0.569. The van der Waals surface area contributed by atoms with E-state index in [1.165, 1.54) is 6.08 Å². The van der Waals surface area contributed by atoms with E-state index in [0.717, 1.165) is 5.82 Å². The van der Waals surface area contributed by atoms with Crippen molar-refractivity contribution in [2.24, 2.45) is 0 Å². The van der Waals surface area contributed by atoms with Gasteiger partial charge in [-0.05, 0) is 13.8 Å². The van der Waals surface area contributed by atoms with E-state index in [0.29, 0.717) is 6.04 Å². The molecule has 2 N–H and O–H groups in total. The minimum atomic E-state index is 0.354. The largest absolute Gasteiger partial charge is 0.374 e. The first-order valence-corrected chi connectivity index (χ1v) is 3.24. The molecule has 0 aliphatic heterocycles. The van der Waals surface area contributed by atoms with E-state index in [-0.39, 0.29) is 0 Å². The van der Waals surface area contributed by atoms with Crippen LogP contribution in [0.2, 0.25) is 0 Å². The Bertz CT molecular complexity index is 153. The molecule has 0 aliphatic carbocycles. The van der Waals surface area contributed by atoms with Crippen LogP contribution >= 0.6 is 0 Å². The van der Waals surface area contributed by atoms with Crippen molar-refractivity contribution < 1.29 is 0 Å².